The molecule has 0 fully saturated rings. The van der Waals surface area contributed by atoms with Crippen molar-refractivity contribution in [2.24, 2.45) is 0 Å². The van der Waals surface area contributed by atoms with E-state index in [0.717, 1.165) is 16.8 Å². The number of rotatable bonds is 6. The molecule has 0 saturated carbocycles. The summed E-state index contributed by atoms with van der Waals surface area (Å²) in [5, 5.41) is 0. The number of aryl methyl sites for hydroxylation is 1. The van der Waals surface area contributed by atoms with Gasteiger partial charge in [0.1, 0.15) is 6.54 Å². The number of carbonyl (C=O) groups excluding carboxylic acids is 2. The van der Waals surface area contributed by atoms with Crippen LogP contribution in [-0.2, 0) is 16.1 Å². The molecule has 4 nitrogen and oxygen atoms in total. The van der Waals surface area contributed by atoms with Crippen molar-refractivity contribution >= 4 is 17.5 Å². The highest BCUT2D eigenvalue weighted by molar-refractivity contribution is 5.97. The summed E-state index contributed by atoms with van der Waals surface area (Å²) in [5.41, 5.74) is 2.89. The van der Waals surface area contributed by atoms with Crippen molar-refractivity contribution in [3.05, 3.63) is 65.7 Å². The molecule has 0 N–H and O–H groups in total. The van der Waals surface area contributed by atoms with Gasteiger partial charge in [0.15, 0.2) is 0 Å². The molecule has 0 aliphatic rings. The standard InChI is InChI=1S/C21H26N2O2/c1-16(2)22(14-19-10-6-5-7-11-19)21(25)15-23(18(4)24)20-12-8-9-17(3)13-20/h5-13,16H,14-15H2,1-4H3. The van der Waals surface area contributed by atoms with E-state index in [1.165, 1.54) is 11.8 Å². The van der Waals surface area contributed by atoms with E-state index in [9.17, 15) is 9.59 Å². The fraction of sp³-hybridized carbons (Fsp3) is 0.333. The first kappa shape index (κ1) is 18.7. The Morgan fingerprint density at radius 2 is 1.68 bits per heavy atom. The molecular formula is C21H26N2O2. The maximum atomic E-state index is 12.9. The Balaban J connectivity index is 2.18. The van der Waals surface area contributed by atoms with Crippen molar-refractivity contribution < 1.29 is 9.59 Å². The molecule has 0 bridgehead atoms. The lowest BCUT2D eigenvalue weighted by Crippen LogP contribution is -2.44. The molecule has 0 heterocycles. The molecule has 2 aromatic rings. The zero-order valence-corrected chi connectivity index (χ0v) is 15.4. The molecule has 0 aromatic heterocycles. The van der Waals surface area contributed by atoms with Crippen molar-refractivity contribution in [3.63, 3.8) is 0 Å². The Kier molecular flexibility index (Phi) is 6.34. The van der Waals surface area contributed by atoms with E-state index in [1.807, 2.05) is 75.4 Å². The predicted octanol–water partition coefficient (Wildman–Crippen LogP) is 3.79. The van der Waals surface area contributed by atoms with E-state index in [4.69, 9.17) is 0 Å². The van der Waals surface area contributed by atoms with Gasteiger partial charge in [-0.3, -0.25) is 9.59 Å². The van der Waals surface area contributed by atoms with Crippen LogP contribution in [0.4, 0.5) is 5.69 Å². The van der Waals surface area contributed by atoms with E-state index < -0.39 is 0 Å². The topological polar surface area (TPSA) is 40.6 Å². The van der Waals surface area contributed by atoms with Crippen molar-refractivity contribution in [3.8, 4) is 0 Å². The van der Waals surface area contributed by atoms with Crippen LogP contribution in [0.5, 0.6) is 0 Å². The van der Waals surface area contributed by atoms with Gasteiger partial charge in [0.25, 0.3) is 0 Å². The molecule has 0 radical (unpaired) electrons. The first-order chi connectivity index (χ1) is 11.9. The lowest BCUT2D eigenvalue weighted by molar-refractivity contribution is -0.133. The molecule has 0 aliphatic carbocycles. The van der Waals surface area contributed by atoms with Gasteiger partial charge in [-0.1, -0.05) is 42.5 Å². The average molecular weight is 338 g/mol. The summed E-state index contributed by atoms with van der Waals surface area (Å²) in [7, 11) is 0. The molecule has 0 atom stereocenters. The van der Waals surface area contributed by atoms with Gasteiger partial charge >= 0.3 is 0 Å². The van der Waals surface area contributed by atoms with Gasteiger partial charge in [-0.05, 0) is 44.0 Å². The Morgan fingerprint density at radius 1 is 1.00 bits per heavy atom. The molecule has 2 rings (SSSR count). The van der Waals surface area contributed by atoms with Gasteiger partial charge in [0.2, 0.25) is 11.8 Å². The van der Waals surface area contributed by atoms with Crippen LogP contribution in [-0.4, -0.2) is 29.3 Å². The third-order valence-corrected chi connectivity index (χ3v) is 4.13. The Bertz CT molecular complexity index is 726. The van der Waals surface area contributed by atoms with Crippen molar-refractivity contribution in [2.75, 3.05) is 11.4 Å². The summed E-state index contributed by atoms with van der Waals surface area (Å²) in [4.78, 5) is 28.3. The highest BCUT2D eigenvalue weighted by Crippen LogP contribution is 2.17. The van der Waals surface area contributed by atoms with Crippen LogP contribution in [0.1, 0.15) is 31.9 Å². The number of hydrogen-bond acceptors (Lipinski definition) is 2. The van der Waals surface area contributed by atoms with E-state index in [1.54, 1.807) is 4.90 Å². The summed E-state index contributed by atoms with van der Waals surface area (Å²) < 4.78 is 0. The highest BCUT2D eigenvalue weighted by atomic mass is 16.2. The number of nitrogens with zero attached hydrogens (tertiary/aromatic N) is 2. The number of hydrogen-bond donors (Lipinski definition) is 0. The molecule has 2 aromatic carbocycles. The lowest BCUT2D eigenvalue weighted by Gasteiger charge is -2.30. The predicted molar refractivity (Wildman–Crippen MR) is 101 cm³/mol. The summed E-state index contributed by atoms with van der Waals surface area (Å²) in [6, 6.07) is 17.6. The van der Waals surface area contributed by atoms with Crippen molar-refractivity contribution in [1.82, 2.24) is 4.90 Å². The number of amides is 2. The highest BCUT2D eigenvalue weighted by Gasteiger charge is 2.22. The number of anilines is 1. The van der Waals surface area contributed by atoms with Crippen molar-refractivity contribution in [1.29, 1.82) is 0 Å². The fourth-order valence-electron chi connectivity index (χ4n) is 2.75. The second-order valence-electron chi connectivity index (χ2n) is 6.55. The van der Waals surface area contributed by atoms with E-state index in [0.29, 0.717) is 6.54 Å². The second kappa shape index (κ2) is 8.47. The summed E-state index contributed by atoms with van der Waals surface area (Å²) in [6.07, 6.45) is 0. The first-order valence-electron chi connectivity index (χ1n) is 8.56. The number of benzene rings is 2. The largest absolute Gasteiger partial charge is 0.334 e. The summed E-state index contributed by atoms with van der Waals surface area (Å²) in [5.74, 6) is -0.196. The quantitative estimate of drug-likeness (QED) is 0.804. The Morgan fingerprint density at radius 3 is 2.24 bits per heavy atom. The normalized spacial score (nSPS) is 10.6. The molecule has 4 heteroatoms. The van der Waals surface area contributed by atoms with Gasteiger partial charge < -0.3 is 9.80 Å². The minimum absolute atomic E-state index is 0.0454. The van der Waals surface area contributed by atoms with Crippen LogP contribution >= 0.6 is 0 Å². The van der Waals surface area contributed by atoms with Crippen LogP contribution in [0.15, 0.2) is 54.6 Å². The van der Waals surface area contributed by atoms with E-state index in [-0.39, 0.29) is 24.4 Å². The van der Waals surface area contributed by atoms with E-state index >= 15 is 0 Å². The maximum Gasteiger partial charge on any atom is 0.243 e. The van der Waals surface area contributed by atoms with Gasteiger partial charge in [0.05, 0.1) is 0 Å². The van der Waals surface area contributed by atoms with Crippen LogP contribution in [0.2, 0.25) is 0 Å². The number of carbonyl (C=O) groups is 2. The minimum Gasteiger partial charge on any atom is -0.334 e. The molecule has 132 valence electrons. The second-order valence-corrected chi connectivity index (χ2v) is 6.55. The first-order valence-corrected chi connectivity index (χ1v) is 8.56. The summed E-state index contributed by atoms with van der Waals surface area (Å²) in [6.45, 7) is 8.03. The van der Waals surface area contributed by atoms with E-state index in [2.05, 4.69) is 0 Å². The average Bonchev–Trinajstić information content (AvgIpc) is 2.57. The molecule has 0 saturated heterocycles. The van der Waals surface area contributed by atoms with Crippen LogP contribution < -0.4 is 4.90 Å². The summed E-state index contributed by atoms with van der Waals surface area (Å²) >= 11 is 0. The third kappa shape index (κ3) is 5.18. The zero-order chi connectivity index (χ0) is 18.4. The SMILES string of the molecule is CC(=O)N(CC(=O)N(Cc1ccccc1)C(C)C)c1cccc(C)c1. The minimum atomic E-state index is -0.137. The van der Waals surface area contributed by atoms with Gasteiger partial charge in [-0.25, -0.2) is 0 Å². The fourth-order valence-corrected chi connectivity index (χ4v) is 2.75. The maximum absolute atomic E-state index is 12.9. The van der Waals surface area contributed by atoms with Crippen LogP contribution in [0.3, 0.4) is 0 Å². The Labute approximate surface area is 150 Å². The zero-order valence-electron chi connectivity index (χ0n) is 15.4. The molecule has 0 aliphatic heterocycles. The smallest absolute Gasteiger partial charge is 0.243 e. The van der Waals surface area contributed by atoms with Crippen molar-refractivity contribution in [2.45, 2.75) is 40.3 Å². The molecule has 0 unspecified atom stereocenters. The monoisotopic (exact) mass is 338 g/mol. The van der Waals surface area contributed by atoms with Gasteiger partial charge in [-0.15, -0.1) is 0 Å². The third-order valence-electron chi connectivity index (χ3n) is 4.13. The molecule has 2 amide bonds. The molecular weight excluding hydrogens is 312 g/mol. The Hall–Kier alpha value is -2.62. The van der Waals surface area contributed by atoms with Crippen LogP contribution in [0, 0.1) is 6.92 Å². The van der Waals surface area contributed by atoms with Gasteiger partial charge in [-0.2, -0.15) is 0 Å². The lowest BCUT2D eigenvalue weighted by atomic mass is 10.1. The van der Waals surface area contributed by atoms with Crippen LogP contribution in [0.25, 0.3) is 0 Å². The molecule has 25 heavy (non-hydrogen) atoms. The van der Waals surface area contributed by atoms with Gasteiger partial charge in [0, 0.05) is 25.2 Å². The molecule has 0 spiro atoms.